The minimum absolute atomic E-state index is 0.0677. The number of carbonyl (C=O) groups is 1. The van der Waals surface area contributed by atoms with Crippen LogP contribution in [-0.4, -0.2) is 30.6 Å². The first-order chi connectivity index (χ1) is 10.7. The average molecular weight is 297 g/mol. The van der Waals surface area contributed by atoms with E-state index in [0.29, 0.717) is 12.3 Å². The number of aliphatic hydroxyl groups excluding tert-OH is 1. The Morgan fingerprint density at radius 3 is 2.77 bits per heavy atom. The predicted octanol–water partition coefficient (Wildman–Crippen LogP) is 0.855. The average Bonchev–Trinajstić information content (AvgIpc) is 2.98. The molecule has 22 heavy (non-hydrogen) atoms. The fraction of sp³-hybridized carbons (Fsp3) is 0.200. The van der Waals surface area contributed by atoms with Crippen molar-refractivity contribution in [2.75, 3.05) is 0 Å². The van der Waals surface area contributed by atoms with Crippen LogP contribution in [0.2, 0.25) is 0 Å². The van der Waals surface area contributed by atoms with E-state index in [9.17, 15) is 9.90 Å². The molecule has 0 aliphatic rings. The molecule has 7 nitrogen and oxygen atoms in total. The van der Waals surface area contributed by atoms with E-state index in [4.69, 9.17) is 0 Å². The molecule has 7 heteroatoms. The molecule has 1 aromatic carbocycles. The van der Waals surface area contributed by atoms with Gasteiger partial charge in [-0.2, -0.15) is 4.98 Å². The monoisotopic (exact) mass is 297 g/mol. The van der Waals surface area contributed by atoms with Gasteiger partial charge in [0.2, 0.25) is 5.82 Å². The normalized spacial score (nSPS) is 10.8. The number of rotatable bonds is 4. The third kappa shape index (κ3) is 2.66. The molecule has 2 heterocycles. The second kappa shape index (κ2) is 5.90. The lowest BCUT2D eigenvalue weighted by molar-refractivity contribution is 0.0940. The van der Waals surface area contributed by atoms with Gasteiger partial charge in [-0.1, -0.05) is 24.3 Å². The van der Waals surface area contributed by atoms with E-state index in [1.54, 1.807) is 12.3 Å². The quantitative estimate of drug-likeness (QED) is 0.745. The van der Waals surface area contributed by atoms with E-state index in [0.717, 1.165) is 16.8 Å². The largest absolute Gasteiger partial charge is 0.392 e. The van der Waals surface area contributed by atoms with Crippen molar-refractivity contribution in [3.05, 3.63) is 59.2 Å². The number of fused-ring (bicyclic) bond motifs is 1. The van der Waals surface area contributed by atoms with Gasteiger partial charge in [0, 0.05) is 18.4 Å². The van der Waals surface area contributed by atoms with Gasteiger partial charge in [-0.05, 0) is 24.1 Å². The van der Waals surface area contributed by atoms with E-state index in [1.165, 1.54) is 4.52 Å². The van der Waals surface area contributed by atoms with Gasteiger partial charge in [0.25, 0.3) is 11.7 Å². The lowest BCUT2D eigenvalue weighted by atomic mass is 10.1. The summed E-state index contributed by atoms with van der Waals surface area (Å²) < 4.78 is 1.52. The first-order valence-corrected chi connectivity index (χ1v) is 6.83. The number of hydrogen-bond donors (Lipinski definition) is 2. The van der Waals surface area contributed by atoms with Crippen LogP contribution in [0.15, 0.2) is 36.5 Å². The van der Waals surface area contributed by atoms with E-state index >= 15 is 0 Å². The highest BCUT2D eigenvalue weighted by molar-refractivity contribution is 5.90. The van der Waals surface area contributed by atoms with Gasteiger partial charge in [-0.15, -0.1) is 5.10 Å². The molecule has 2 aromatic heterocycles. The maximum absolute atomic E-state index is 12.2. The third-order valence-electron chi connectivity index (χ3n) is 3.36. The van der Waals surface area contributed by atoms with Crippen LogP contribution in [0.25, 0.3) is 5.78 Å². The van der Waals surface area contributed by atoms with Gasteiger partial charge in [-0.3, -0.25) is 4.79 Å². The van der Waals surface area contributed by atoms with Crippen molar-refractivity contribution >= 4 is 11.7 Å². The molecule has 0 bridgehead atoms. The first-order valence-electron chi connectivity index (χ1n) is 6.83. The molecule has 1 amide bonds. The SMILES string of the molecule is Cc1ccnc2nc(C(=O)NCc3ccccc3CO)nn12. The van der Waals surface area contributed by atoms with Gasteiger partial charge in [0.1, 0.15) is 0 Å². The molecule has 0 atom stereocenters. The molecule has 0 fully saturated rings. The number of aliphatic hydroxyl groups is 1. The summed E-state index contributed by atoms with van der Waals surface area (Å²) in [5.74, 6) is 0.0850. The number of aryl methyl sites for hydroxylation is 1. The van der Waals surface area contributed by atoms with Crippen LogP contribution in [0, 0.1) is 6.92 Å². The Morgan fingerprint density at radius 2 is 2.05 bits per heavy atom. The maximum Gasteiger partial charge on any atom is 0.291 e. The van der Waals surface area contributed by atoms with Gasteiger partial charge >= 0.3 is 0 Å². The highest BCUT2D eigenvalue weighted by atomic mass is 16.3. The number of amides is 1. The minimum atomic E-state index is -0.377. The highest BCUT2D eigenvalue weighted by Gasteiger charge is 2.14. The summed E-state index contributed by atoms with van der Waals surface area (Å²) in [7, 11) is 0. The van der Waals surface area contributed by atoms with Crippen LogP contribution >= 0.6 is 0 Å². The maximum atomic E-state index is 12.2. The number of nitrogens with zero attached hydrogens (tertiary/aromatic N) is 4. The van der Waals surface area contributed by atoms with Crippen molar-refractivity contribution in [2.45, 2.75) is 20.1 Å². The molecule has 0 aliphatic carbocycles. The summed E-state index contributed by atoms with van der Waals surface area (Å²) in [6.07, 6.45) is 1.62. The fourth-order valence-corrected chi connectivity index (χ4v) is 2.14. The van der Waals surface area contributed by atoms with E-state index in [-0.39, 0.29) is 18.3 Å². The molecule has 0 unspecified atom stereocenters. The van der Waals surface area contributed by atoms with Gasteiger partial charge in [-0.25, -0.2) is 9.50 Å². The molecule has 0 radical (unpaired) electrons. The fourth-order valence-electron chi connectivity index (χ4n) is 2.14. The lowest BCUT2D eigenvalue weighted by Crippen LogP contribution is -2.24. The van der Waals surface area contributed by atoms with Crippen molar-refractivity contribution in [2.24, 2.45) is 0 Å². The number of nitrogens with one attached hydrogen (secondary N) is 1. The van der Waals surface area contributed by atoms with Crippen LogP contribution in [0.4, 0.5) is 0 Å². The molecule has 3 aromatic rings. The second-order valence-corrected chi connectivity index (χ2v) is 4.84. The molecule has 0 aliphatic heterocycles. The summed E-state index contributed by atoms with van der Waals surface area (Å²) in [5, 5.41) is 16.2. The molecule has 3 rings (SSSR count). The van der Waals surface area contributed by atoms with Crippen LogP contribution in [0.1, 0.15) is 27.4 Å². The van der Waals surface area contributed by atoms with E-state index in [2.05, 4.69) is 20.4 Å². The molecule has 0 saturated heterocycles. The van der Waals surface area contributed by atoms with Gasteiger partial charge in [0.05, 0.1) is 6.61 Å². The molecular formula is C15H15N5O2. The second-order valence-electron chi connectivity index (χ2n) is 4.84. The van der Waals surface area contributed by atoms with E-state index < -0.39 is 0 Å². The number of hydrogen-bond acceptors (Lipinski definition) is 5. The Hall–Kier alpha value is -2.80. The Balaban J connectivity index is 1.77. The van der Waals surface area contributed by atoms with Crippen LogP contribution < -0.4 is 5.32 Å². The Kier molecular flexibility index (Phi) is 3.80. The predicted molar refractivity (Wildman–Crippen MR) is 79.1 cm³/mol. The lowest BCUT2D eigenvalue weighted by Gasteiger charge is -2.07. The standard InChI is InChI=1S/C15H15N5O2/c1-10-6-7-16-15-18-13(19-20(10)15)14(22)17-8-11-4-2-3-5-12(11)9-21/h2-7,21H,8-9H2,1H3,(H,17,22). The smallest absolute Gasteiger partial charge is 0.291 e. The van der Waals surface area contributed by atoms with Crippen molar-refractivity contribution in [1.82, 2.24) is 24.9 Å². The van der Waals surface area contributed by atoms with E-state index in [1.807, 2.05) is 31.2 Å². The summed E-state index contributed by atoms with van der Waals surface area (Å²) in [6.45, 7) is 2.10. The molecular weight excluding hydrogens is 282 g/mol. The molecule has 2 N–H and O–H groups in total. The van der Waals surface area contributed by atoms with Gasteiger partial charge in [0.15, 0.2) is 0 Å². The summed E-state index contributed by atoms with van der Waals surface area (Å²) in [6, 6.07) is 9.17. The van der Waals surface area contributed by atoms with Crippen LogP contribution in [0.3, 0.4) is 0 Å². The van der Waals surface area contributed by atoms with Crippen LogP contribution in [0.5, 0.6) is 0 Å². The Morgan fingerprint density at radius 1 is 1.27 bits per heavy atom. The molecule has 0 spiro atoms. The third-order valence-corrected chi connectivity index (χ3v) is 3.36. The van der Waals surface area contributed by atoms with Gasteiger partial charge < -0.3 is 10.4 Å². The zero-order chi connectivity index (χ0) is 15.5. The van der Waals surface area contributed by atoms with Crippen molar-refractivity contribution < 1.29 is 9.90 Å². The van der Waals surface area contributed by atoms with Crippen molar-refractivity contribution in [1.29, 1.82) is 0 Å². The number of benzene rings is 1. The van der Waals surface area contributed by atoms with Crippen molar-refractivity contribution in [3.63, 3.8) is 0 Å². The number of aromatic nitrogens is 4. The van der Waals surface area contributed by atoms with Crippen LogP contribution in [-0.2, 0) is 13.2 Å². The molecule has 112 valence electrons. The summed E-state index contributed by atoms with van der Waals surface area (Å²) in [4.78, 5) is 20.3. The summed E-state index contributed by atoms with van der Waals surface area (Å²) in [5.41, 5.74) is 2.49. The highest BCUT2D eigenvalue weighted by Crippen LogP contribution is 2.08. The summed E-state index contributed by atoms with van der Waals surface area (Å²) >= 11 is 0. The topological polar surface area (TPSA) is 92.4 Å². The number of carbonyl (C=O) groups excluding carboxylic acids is 1. The zero-order valence-corrected chi connectivity index (χ0v) is 12.0. The Bertz CT molecular complexity index is 828. The first kappa shape index (κ1) is 14.2. The van der Waals surface area contributed by atoms with Crippen molar-refractivity contribution in [3.8, 4) is 0 Å². The molecule has 0 saturated carbocycles. The zero-order valence-electron chi connectivity index (χ0n) is 12.0. The Labute approximate surface area is 126 Å². The minimum Gasteiger partial charge on any atom is -0.392 e.